The largest absolute Gasteiger partial charge is 0.396 e. The first-order chi connectivity index (χ1) is 8.78. The molecule has 0 amide bonds. The maximum absolute atomic E-state index is 13.2. The van der Waals surface area contributed by atoms with Crippen LogP contribution in [-0.4, -0.2) is 24.7 Å². The van der Waals surface area contributed by atoms with Crippen LogP contribution < -0.4 is 10.5 Å². The second-order valence-electron chi connectivity index (χ2n) is 5.59. The molecule has 0 bridgehead atoms. The predicted molar refractivity (Wildman–Crippen MR) is 76.5 cm³/mol. The lowest BCUT2D eigenvalue weighted by Crippen LogP contribution is -2.57. The summed E-state index contributed by atoms with van der Waals surface area (Å²) >= 11 is 5.75. The van der Waals surface area contributed by atoms with Crippen molar-refractivity contribution in [3.8, 4) is 0 Å². The zero-order valence-corrected chi connectivity index (χ0v) is 13.2. The molecule has 0 unspecified atom stereocenters. The highest BCUT2D eigenvalue weighted by Gasteiger charge is 2.39. The smallest absolute Gasteiger partial charge is 0.242 e. The van der Waals surface area contributed by atoms with Gasteiger partial charge in [0.05, 0.1) is 21.8 Å². The lowest BCUT2D eigenvalue weighted by molar-refractivity contribution is 0.00639. The van der Waals surface area contributed by atoms with Gasteiger partial charge in [0.15, 0.2) is 0 Å². The van der Waals surface area contributed by atoms with Gasteiger partial charge in [-0.3, -0.25) is 0 Å². The lowest BCUT2D eigenvalue weighted by atomic mass is 9.87. The van der Waals surface area contributed by atoms with Gasteiger partial charge in [0, 0.05) is 0 Å². The van der Waals surface area contributed by atoms with E-state index in [-0.39, 0.29) is 15.6 Å². The predicted octanol–water partition coefficient (Wildman–Crippen LogP) is 1.89. The summed E-state index contributed by atoms with van der Waals surface area (Å²) < 4.78 is 40.1. The zero-order valence-electron chi connectivity index (χ0n) is 11.7. The van der Waals surface area contributed by atoms with Gasteiger partial charge in [0.2, 0.25) is 10.0 Å². The van der Waals surface area contributed by atoms with E-state index in [0.717, 1.165) is 12.1 Å². The summed E-state index contributed by atoms with van der Waals surface area (Å²) in [4.78, 5) is -0.338. The normalized spacial score (nSPS) is 13.6. The van der Waals surface area contributed by atoms with Crippen LogP contribution in [0.4, 0.5) is 10.1 Å². The number of nitrogens with two attached hydrogens (primary N) is 1. The van der Waals surface area contributed by atoms with Crippen LogP contribution in [0.5, 0.6) is 0 Å². The van der Waals surface area contributed by atoms with Crippen LogP contribution in [0.2, 0.25) is 5.02 Å². The molecule has 0 heterocycles. The summed E-state index contributed by atoms with van der Waals surface area (Å²) in [6, 6.07) is 1.78. The Balaban J connectivity index is 3.29. The van der Waals surface area contributed by atoms with E-state index in [1.807, 2.05) is 0 Å². The third-order valence-electron chi connectivity index (χ3n) is 3.26. The van der Waals surface area contributed by atoms with Crippen LogP contribution >= 0.6 is 11.6 Å². The first kappa shape index (κ1) is 17.2. The van der Waals surface area contributed by atoms with Crippen molar-refractivity contribution < 1.29 is 17.9 Å². The van der Waals surface area contributed by atoms with Crippen molar-refractivity contribution in [3.05, 3.63) is 23.0 Å². The minimum absolute atomic E-state index is 0.282. The molecule has 20 heavy (non-hydrogen) atoms. The molecule has 1 rings (SSSR count). The maximum Gasteiger partial charge on any atom is 0.242 e. The molecule has 1 aromatic carbocycles. The van der Waals surface area contributed by atoms with Crippen LogP contribution in [0.15, 0.2) is 17.0 Å². The maximum atomic E-state index is 13.2. The molecule has 0 saturated heterocycles. The number of halogens is 2. The molecule has 0 saturated carbocycles. The van der Waals surface area contributed by atoms with E-state index in [4.69, 9.17) is 17.3 Å². The Bertz CT molecular complexity index is 624. The van der Waals surface area contributed by atoms with Gasteiger partial charge in [-0.25, -0.2) is 17.5 Å². The molecule has 0 aromatic heterocycles. The Morgan fingerprint density at radius 3 is 2.25 bits per heavy atom. The summed E-state index contributed by atoms with van der Waals surface area (Å²) in [5.41, 5.74) is 2.55. The first-order valence-corrected chi connectivity index (χ1v) is 7.65. The highest BCUT2D eigenvalue weighted by molar-refractivity contribution is 7.89. The van der Waals surface area contributed by atoms with Gasteiger partial charge in [0.1, 0.15) is 10.7 Å². The number of hydrogen-bond donors (Lipinski definition) is 3. The van der Waals surface area contributed by atoms with Gasteiger partial charge in [-0.05, 0) is 39.8 Å². The van der Waals surface area contributed by atoms with Crippen molar-refractivity contribution >= 4 is 27.3 Å². The number of benzene rings is 1. The second-order valence-corrected chi connectivity index (χ2v) is 7.65. The number of rotatable bonds is 4. The standard InChI is InChI=1S/C12H18ClFN2O3S/c1-11(2,12(3,4)17)16-20(18,19)10-6-9(15)8(14)5-7(10)13/h5-6,16-17H,15H2,1-4H3. The number of anilines is 1. The van der Waals surface area contributed by atoms with E-state index in [1.165, 1.54) is 27.7 Å². The number of aliphatic hydroxyl groups is 1. The van der Waals surface area contributed by atoms with E-state index in [9.17, 15) is 17.9 Å². The number of sulfonamides is 1. The Kier molecular flexibility index (Phi) is 4.41. The highest BCUT2D eigenvalue weighted by atomic mass is 35.5. The highest BCUT2D eigenvalue weighted by Crippen LogP contribution is 2.29. The van der Waals surface area contributed by atoms with Crippen molar-refractivity contribution in [2.75, 3.05) is 5.73 Å². The average Bonchev–Trinajstić information content (AvgIpc) is 2.19. The van der Waals surface area contributed by atoms with E-state index >= 15 is 0 Å². The van der Waals surface area contributed by atoms with Crippen molar-refractivity contribution in [1.82, 2.24) is 4.72 Å². The third-order valence-corrected chi connectivity index (χ3v) is 5.38. The molecule has 8 heteroatoms. The summed E-state index contributed by atoms with van der Waals surface area (Å²) in [6.07, 6.45) is 0. The number of nitrogen functional groups attached to an aromatic ring is 1. The Morgan fingerprint density at radius 2 is 1.80 bits per heavy atom. The fraction of sp³-hybridized carbons (Fsp3) is 0.500. The Hall–Kier alpha value is -0.890. The van der Waals surface area contributed by atoms with Crippen LogP contribution in [0.1, 0.15) is 27.7 Å². The van der Waals surface area contributed by atoms with Crippen molar-refractivity contribution in [3.63, 3.8) is 0 Å². The molecule has 5 nitrogen and oxygen atoms in total. The number of hydrogen-bond acceptors (Lipinski definition) is 4. The van der Waals surface area contributed by atoms with E-state index in [0.29, 0.717) is 0 Å². The molecule has 0 aliphatic carbocycles. The molecule has 0 spiro atoms. The molecular formula is C12H18ClFN2O3S. The summed E-state index contributed by atoms with van der Waals surface area (Å²) in [7, 11) is -4.06. The van der Waals surface area contributed by atoms with Gasteiger partial charge in [-0.1, -0.05) is 11.6 Å². The molecule has 0 aliphatic heterocycles. The van der Waals surface area contributed by atoms with Crippen LogP contribution in [0.3, 0.4) is 0 Å². The molecule has 4 N–H and O–H groups in total. The summed E-state index contributed by atoms with van der Waals surface area (Å²) in [5.74, 6) is -0.796. The Morgan fingerprint density at radius 1 is 1.30 bits per heavy atom. The quantitative estimate of drug-likeness (QED) is 0.737. The third kappa shape index (κ3) is 3.41. The van der Waals surface area contributed by atoms with Crippen molar-refractivity contribution in [1.29, 1.82) is 0 Å². The van der Waals surface area contributed by atoms with Crippen LogP contribution in [0, 0.1) is 5.82 Å². The van der Waals surface area contributed by atoms with Crippen LogP contribution in [-0.2, 0) is 10.0 Å². The van der Waals surface area contributed by atoms with E-state index in [1.54, 1.807) is 0 Å². The first-order valence-electron chi connectivity index (χ1n) is 5.79. The molecular weight excluding hydrogens is 307 g/mol. The SMILES string of the molecule is CC(C)(O)C(C)(C)NS(=O)(=O)c1cc(N)c(F)cc1Cl. The molecule has 1 aromatic rings. The van der Waals surface area contributed by atoms with Gasteiger partial charge in [-0.2, -0.15) is 0 Å². The minimum Gasteiger partial charge on any atom is -0.396 e. The topological polar surface area (TPSA) is 92.4 Å². The molecule has 0 atom stereocenters. The van der Waals surface area contributed by atoms with Gasteiger partial charge >= 0.3 is 0 Å². The molecule has 114 valence electrons. The second kappa shape index (κ2) is 5.14. The molecule has 0 aliphatic rings. The van der Waals surface area contributed by atoms with Gasteiger partial charge in [-0.15, -0.1) is 0 Å². The summed E-state index contributed by atoms with van der Waals surface area (Å²) in [5, 5.41) is 9.70. The van der Waals surface area contributed by atoms with Gasteiger partial charge in [0.25, 0.3) is 0 Å². The zero-order chi connectivity index (χ0) is 15.9. The lowest BCUT2D eigenvalue weighted by Gasteiger charge is -2.37. The monoisotopic (exact) mass is 324 g/mol. The van der Waals surface area contributed by atoms with Crippen LogP contribution in [0.25, 0.3) is 0 Å². The number of nitrogens with one attached hydrogen (secondary N) is 1. The van der Waals surface area contributed by atoms with Gasteiger partial charge < -0.3 is 10.8 Å². The van der Waals surface area contributed by atoms with E-state index < -0.39 is 27.0 Å². The van der Waals surface area contributed by atoms with E-state index in [2.05, 4.69) is 4.72 Å². The minimum atomic E-state index is -4.06. The van der Waals surface area contributed by atoms with Crippen molar-refractivity contribution in [2.24, 2.45) is 0 Å². The molecule has 0 radical (unpaired) electrons. The fourth-order valence-corrected chi connectivity index (χ4v) is 3.35. The summed E-state index contributed by atoms with van der Waals surface area (Å²) in [6.45, 7) is 5.98. The average molecular weight is 325 g/mol. The molecule has 0 fully saturated rings. The fourth-order valence-electron chi connectivity index (χ4n) is 1.27. The van der Waals surface area contributed by atoms with Crippen molar-refractivity contribution in [2.45, 2.75) is 43.7 Å². The Labute approximate surface area is 123 Å².